The van der Waals surface area contributed by atoms with Crippen LogP contribution in [0.4, 0.5) is 0 Å². The van der Waals surface area contributed by atoms with Crippen molar-refractivity contribution in [1.82, 2.24) is 10.6 Å². The van der Waals surface area contributed by atoms with E-state index in [1.807, 2.05) is 0 Å². The number of hydrogen-bond acceptors (Lipinski definition) is 2. The van der Waals surface area contributed by atoms with Crippen molar-refractivity contribution in [1.29, 1.82) is 0 Å². The molecule has 106 valence electrons. The van der Waals surface area contributed by atoms with E-state index in [0.29, 0.717) is 17.1 Å². The first-order chi connectivity index (χ1) is 8.59. The van der Waals surface area contributed by atoms with Crippen LogP contribution in [0.15, 0.2) is 24.3 Å². The van der Waals surface area contributed by atoms with E-state index in [4.69, 9.17) is 11.6 Å². The minimum Gasteiger partial charge on any atom is -0.351 e. The first-order valence-electron chi connectivity index (χ1n) is 6.34. The van der Waals surface area contributed by atoms with Crippen LogP contribution in [0.1, 0.15) is 30.1 Å². The monoisotopic (exact) mass is 302 g/mol. The molecule has 19 heavy (non-hydrogen) atoms. The third-order valence-corrected chi connectivity index (χ3v) is 3.68. The number of hydrogen-bond donors (Lipinski definition) is 2. The lowest BCUT2D eigenvalue weighted by atomic mass is 9.83. The Labute approximate surface area is 125 Å². The van der Waals surface area contributed by atoms with Crippen LogP contribution < -0.4 is 10.6 Å². The molecule has 1 heterocycles. The van der Waals surface area contributed by atoms with Crippen molar-refractivity contribution in [2.75, 3.05) is 19.6 Å². The highest BCUT2D eigenvalue weighted by molar-refractivity contribution is 6.30. The molecule has 1 unspecified atom stereocenters. The van der Waals surface area contributed by atoms with Gasteiger partial charge >= 0.3 is 0 Å². The van der Waals surface area contributed by atoms with Crippen LogP contribution in [0, 0.1) is 5.41 Å². The van der Waals surface area contributed by atoms with Crippen molar-refractivity contribution in [3.8, 4) is 0 Å². The summed E-state index contributed by atoms with van der Waals surface area (Å²) < 4.78 is 0. The standard InChI is InChI=1S/C14H19ClN2O.ClH/c1-14(6-3-7-16-9-14)10-17-13(18)11-4-2-5-12(15)8-11;/h2,4-5,8,16H,3,6-7,9-10H2,1H3,(H,17,18);1H. The molecule has 2 rings (SSSR count). The summed E-state index contributed by atoms with van der Waals surface area (Å²) in [5.74, 6) is -0.0516. The van der Waals surface area contributed by atoms with Crippen LogP contribution in [0.25, 0.3) is 0 Å². The Kier molecular flexibility index (Phi) is 6.11. The van der Waals surface area contributed by atoms with E-state index in [1.165, 1.54) is 6.42 Å². The van der Waals surface area contributed by atoms with Crippen molar-refractivity contribution < 1.29 is 4.79 Å². The van der Waals surface area contributed by atoms with Crippen LogP contribution >= 0.6 is 24.0 Å². The number of amides is 1. The molecule has 1 fully saturated rings. The Hall–Kier alpha value is -0.770. The minimum absolute atomic E-state index is 0. The molecule has 1 atom stereocenters. The van der Waals surface area contributed by atoms with E-state index in [2.05, 4.69) is 17.6 Å². The molecule has 0 saturated carbocycles. The second-order valence-electron chi connectivity index (χ2n) is 5.28. The van der Waals surface area contributed by atoms with E-state index < -0.39 is 0 Å². The lowest BCUT2D eigenvalue weighted by Crippen LogP contribution is -2.45. The quantitative estimate of drug-likeness (QED) is 0.901. The van der Waals surface area contributed by atoms with Gasteiger partial charge in [0.25, 0.3) is 5.91 Å². The molecule has 0 radical (unpaired) electrons. The lowest BCUT2D eigenvalue weighted by molar-refractivity contribution is 0.0924. The van der Waals surface area contributed by atoms with Gasteiger partial charge in [-0.15, -0.1) is 12.4 Å². The largest absolute Gasteiger partial charge is 0.351 e. The minimum atomic E-state index is -0.0516. The summed E-state index contributed by atoms with van der Waals surface area (Å²) in [6, 6.07) is 7.03. The lowest BCUT2D eigenvalue weighted by Gasteiger charge is -2.34. The van der Waals surface area contributed by atoms with Gasteiger partial charge in [0.2, 0.25) is 0 Å². The van der Waals surface area contributed by atoms with E-state index in [9.17, 15) is 4.79 Å². The zero-order valence-electron chi connectivity index (χ0n) is 11.0. The highest BCUT2D eigenvalue weighted by Gasteiger charge is 2.27. The zero-order valence-corrected chi connectivity index (χ0v) is 12.6. The molecule has 2 N–H and O–H groups in total. The van der Waals surface area contributed by atoms with E-state index in [1.54, 1.807) is 24.3 Å². The SMILES string of the molecule is CC1(CNC(=O)c2cccc(Cl)c2)CCCNC1.Cl. The van der Waals surface area contributed by atoms with Crippen molar-refractivity contribution >= 4 is 29.9 Å². The first-order valence-corrected chi connectivity index (χ1v) is 6.71. The molecule has 5 heteroatoms. The normalized spacial score (nSPS) is 22.4. The number of halogens is 2. The Bertz CT molecular complexity index is 431. The molecule has 0 aromatic heterocycles. The molecule has 0 bridgehead atoms. The fraction of sp³-hybridized carbons (Fsp3) is 0.500. The average molecular weight is 303 g/mol. The zero-order chi connectivity index (χ0) is 13.0. The molecule has 3 nitrogen and oxygen atoms in total. The second-order valence-corrected chi connectivity index (χ2v) is 5.72. The summed E-state index contributed by atoms with van der Waals surface area (Å²) in [6.07, 6.45) is 2.32. The predicted molar refractivity (Wildman–Crippen MR) is 81.2 cm³/mol. The maximum Gasteiger partial charge on any atom is 0.251 e. The first kappa shape index (κ1) is 16.3. The fourth-order valence-electron chi connectivity index (χ4n) is 2.30. The molecule has 1 aliphatic heterocycles. The number of rotatable bonds is 3. The number of benzene rings is 1. The van der Waals surface area contributed by atoms with Crippen molar-refractivity contribution in [3.63, 3.8) is 0 Å². The smallest absolute Gasteiger partial charge is 0.251 e. The summed E-state index contributed by atoms with van der Waals surface area (Å²) in [7, 11) is 0. The van der Waals surface area contributed by atoms with Crippen molar-refractivity contribution in [2.45, 2.75) is 19.8 Å². The molecule has 0 aliphatic carbocycles. The van der Waals surface area contributed by atoms with Crippen LogP contribution in [0.3, 0.4) is 0 Å². The Morgan fingerprint density at radius 2 is 2.32 bits per heavy atom. The van der Waals surface area contributed by atoms with E-state index >= 15 is 0 Å². The Balaban J connectivity index is 0.00000180. The Morgan fingerprint density at radius 3 is 2.95 bits per heavy atom. The molecule has 0 spiro atoms. The number of piperidine rings is 1. The van der Waals surface area contributed by atoms with Gasteiger partial charge < -0.3 is 10.6 Å². The maximum atomic E-state index is 12.0. The van der Waals surface area contributed by atoms with Gasteiger partial charge in [-0.05, 0) is 43.0 Å². The highest BCUT2D eigenvalue weighted by Crippen LogP contribution is 2.24. The van der Waals surface area contributed by atoms with Gasteiger partial charge in [0.05, 0.1) is 0 Å². The Morgan fingerprint density at radius 1 is 1.53 bits per heavy atom. The maximum absolute atomic E-state index is 12.0. The van der Waals surface area contributed by atoms with Crippen molar-refractivity contribution in [3.05, 3.63) is 34.9 Å². The molecular weight excluding hydrogens is 283 g/mol. The fourth-order valence-corrected chi connectivity index (χ4v) is 2.49. The van der Waals surface area contributed by atoms with Crippen LogP contribution in [0.2, 0.25) is 5.02 Å². The molecule has 1 aromatic rings. The molecule has 1 aliphatic rings. The molecular formula is C14H20Cl2N2O. The van der Waals surface area contributed by atoms with Gasteiger partial charge in [0.1, 0.15) is 0 Å². The molecule has 1 aromatic carbocycles. The van der Waals surface area contributed by atoms with E-state index in [0.717, 1.165) is 19.5 Å². The summed E-state index contributed by atoms with van der Waals surface area (Å²) in [5.41, 5.74) is 0.779. The molecule has 1 saturated heterocycles. The number of carbonyl (C=O) groups is 1. The summed E-state index contributed by atoms with van der Waals surface area (Å²) >= 11 is 5.88. The summed E-state index contributed by atoms with van der Waals surface area (Å²) in [6.45, 7) is 4.95. The number of carbonyl (C=O) groups excluding carboxylic acids is 1. The van der Waals surface area contributed by atoms with Gasteiger partial charge in [-0.25, -0.2) is 0 Å². The summed E-state index contributed by atoms with van der Waals surface area (Å²) in [5, 5.41) is 6.97. The third-order valence-electron chi connectivity index (χ3n) is 3.45. The summed E-state index contributed by atoms with van der Waals surface area (Å²) in [4.78, 5) is 12.0. The molecule has 1 amide bonds. The third kappa shape index (κ3) is 4.68. The van der Waals surface area contributed by atoms with Crippen LogP contribution in [0.5, 0.6) is 0 Å². The van der Waals surface area contributed by atoms with Gasteiger partial charge in [0.15, 0.2) is 0 Å². The topological polar surface area (TPSA) is 41.1 Å². The predicted octanol–water partition coefficient (Wildman–Crippen LogP) is 2.88. The number of nitrogens with one attached hydrogen (secondary N) is 2. The van der Waals surface area contributed by atoms with Gasteiger partial charge in [-0.2, -0.15) is 0 Å². The van der Waals surface area contributed by atoms with Gasteiger partial charge in [-0.3, -0.25) is 4.79 Å². The second kappa shape index (κ2) is 7.13. The highest BCUT2D eigenvalue weighted by atomic mass is 35.5. The van der Waals surface area contributed by atoms with Crippen LogP contribution in [-0.4, -0.2) is 25.5 Å². The van der Waals surface area contributed by atoms with Gasteiger partial charge in [-0.1, -0.05) is 24.6 Å². The van der Waals surface area contributed by atoms with Gasteiger partial charge in [0, 0.05) is 23.7 Å². The average Bonchev–Trinajstić information content (AvgIpc) is 2.37. The van der Waals surface area contributed by atoms with Crippen molar-refractivity contribution in [2.24, 2.45) is 5.41 Å². The van der Waals surface area contributed by atoms with E-state index in [-0.39, 0.29) is 23.7 Å². The van der Waals surface area contributed by atoms with Crippen LogP contribution in [-0.2, 0) is 0 Å².